The van der Waals surface area contributed by atoms with E-state index in [1.807, 2.05) is 59.7 Å². The van der Waals surface area contributed by atoms with Crippen LogP contribution in [0.4, 0.5) is 22.7 Å². The first-order chi connectivity index (χ1) is 13.1. The van der Waals surface area contributed by atoms with Gasteiger partial charge in [0.15, 0.2) is 5.69 Å². The van der Waals surface area contributed by atoms with Gasteiger partial charge in [-0.3, -0.25) is 10.1 Å². The van der Waals surface area contributed by atoms with Gasteiger partial charge in [-0.2, -0.15) is 0 Å². The van der Waals surface area contributed by atoms with E-state index in [4.69, 9.17) is 0 Å². The third kappa shape index (κ3) is 3.37. The highest BCUT2D eigenvalue weighted by Crippen LogP contribution is 2.32. The zero-order valence-corrected chi connectivity index (χ0v) is 16.1. The Hall–Kier alpha value is -3.32. The van der Waals surface area contributed by atoms with Crippen LogP contribution in [0, 0.1) is 19.9 Å². The summed E-state index contributed by atoms with van der Waals surface area (Å²) in [5, 5.41) is 16.2. The number of non-ortho nitro benzene ring substituents is 1. The average Bonchev–Trinajstić information content (AvgIpc) is 3.14. The van der Waals surface area contributed by atoms with E-state index < -0.39 is 4.92 Å². The minimum atomic E-state index is -0.420. The van der Waals surface area contributed by atoms with Crippen molar-refractivity contribution < 1.29 is 4.92 Å². The van der Waals surface area contributed by atoms with E-state index in [2.05, 4.69) is 33.7 Å². The molecular weight excluding hydrogens is 457 g/mol. The highest BCUT2D eigenvalue weighted by Gasteiger charge is 2.39. The van der Waals surface area contributed by atoms with E-state index >= 15 is 0 Å². The van der Waals surface area contributed by atoms with Crippen LogP contribution < -0.4 is 15.2 Å². The van der Waals surface area contributed by atoms with Gasteiger partial charge >= 0.3 is 6.19 Å². The molecule has 0 radical (unpaired) electrons. The highest BCUT2D eigenvalue weighted by molar-refractivity contribution is 14.1. The fourth-order valence-corrected chi connectivity index (χ4v) is 3.02. The summed E-state index contributed by atoms with van der Waals surface area (Å²) in [6.45, 7) is 0. The van der Waals surface area contributed by atoms with Gasteiger partial charge < -0.3 is 0 Å². The maximum atomic E-state index is 10.9. The summed E-state index contributed by atoms with van der Waals surface area (Å²) >= 11 is 2.25. The fraction of sp³-hybridized carbons (Fsp3) is 0. The Balaban J connectivity index is 1.75. The van der Waals surface area contributed by atoms with Gasteiger partial charge in [-0.05, 0) is 81.1 Å². The van der Waals surface area contributed by atoms with Crippen molar-refractivity contribution in [3.05, 3.63) is 97.5 Å². The molecule has 0 aromatic heterocycles. The second-order valence-electron chi connectivity index (χ2n) is 5.68. The largest absolute Gasteiger partial charge is 0.444 e. The van der Waals surface area contributed by atoms with Crippen LogP contribution in [-0.4, -0.2) is 4.92 Å². The van der Waals surface area contributed by atoms with Crippen molar-refractivity contribution in [2.45, 2.75) is 0 Å². The van der Waals surface area contributed by atoms with Crippen molar-refractivity contribution in [3.8, 4) is 6.19 Å². The molecule has 0 atom stereocenters. The van der Waals surface area contributed by atoms with Crippen LogP contribution in [0.25, 0.3) is 4.95 Å². The van der Waals surface area contributed by atoms with Crippen LogP contribution >= 0.6 is 22.6 Å². The number of rotatable bonds is 4. The second kappa shape index (κ2) is 7.13. The number of nitro groups is 1. The van der Waals surface area contributed by atoms with Crippen molar-refractivity contribution in [3.63, 3.8) is 0 Å². The molecule has 1 heterocycles. The zero-order valence-electron chi connectivity index (χ0n) is 13.9. The van der Waals surface area contributed by atoms with Crippen molar-refractivity contribution in [2.24, 2.45) is 0 Å². The molecule has 0 bridgehead atoms. The summed E-state index contributed by atoms with van der Waals surface area (Å²) in [5.41, 5.74) is 2.49. The lowest BCUT2D eigenvalue weighted by molar-refractivity contribution is -0.384. The van der Waals surface area contributed by atoms with E-state index in [0.717, 1.165) is 14.9 Å². The summed E-state index contributed by atoms with van der Waals surface area (Å²) in [5.74, 6) is 0. The number of para-hydroxylation sites is 1. The summed E-state index contributed by atoms with van der Waals surface area (Å²) in [6, 6.07) is 24.0. The third-order valence-corrected chi connectivity index (χ3v) is 4.67. The highest BCUT2D eigenvalue weighted by atomic mass is 127. The van der Waals surface area contributed by atoms with Gasteiger partial charge in [0.05, 0.1) is 4.92 Å². The number of nitro benzene ring substituents is 1. The Labute approximate surface area is 169 Å². The molecule has 8 heteroatoms. The molecule has 27 heavy (non-hydrogen) atoms. The Morgan fingerprint density at radius 3 is 2.11 bits per heavy atom. The molecule has 0 amide bonds. The van der Waals surface area contributed by atoms with Gasteiger partial charge in [-0.15, -0.1) is 0 Å². The first-order valence-electron chi connectivity index (χ1n) is 8.05. The summed E-state index contributed by atoms with van der Waals surface area (Å²) < 4.78 is 1.12. The van der Waals surface area contributed by atoms with E-state index in [0.29, 0.717) is 5.69 Å². The van der Waals surface area contributed by atoms with Crippen molar-refractivity contribution in [2.75, 3.05) is 15.2 Å². The maximum Gasteiger partial charge on any atom is 0.444 e. The molecule has 0 fully saturated rings. The van der Waals surface area contributed by atoms with Crippen molar-refractivity contribution >= 4 is 45.3 Å². The van der Waals surface area contributed by atoms with Gasteiger partial charge in [-0.25, -0.2) is 0 Å². The summed E-state index contributed by atoms with van der Waals surface area (Å²) in [7, 11) is 0. The first kappa shape index (κ1) is 17.1. The lowest BCUT2D eigenvalue weighted by atomic mass is 10.3. The molecule has 0 aliphatic carbocycles. The first-order valence-corrected chi connectivity index (χ1v) is 9.13. The van der Waals surface area contributed by atoms with E-state index in [1.54, 1.807) is 22.3 Å². The Bertz CT molecular complexity index is 1030. The molecule has 1 aliphatic heterocycles. The minimum absolute atomic E-state index is 0.0339. The van der Waals surface area contributed by atoms with Crippen LogP contribution in [-0.2, 0) is 0 Å². The third-order valence-electron chi connectivity index (χ3n) is 3.95. The standard InChI is InChI=1S/C19H13IN5O2/c20-15-6-8-18(9-7-15)24-22(16-4-2-1-3-5-16)14-21-23(24)17-10-12-19(13-11-17)25(26)27/h1-13H/q+1. The lowest BCUT2D eigenvalue weighted by Gasteiger charge is -2.24. The molecule has 0 saturated heterocycles. The molecule has 0 saturated carbocycles. The predicted molar refractivity (Wildman–Crippen MR) is 113 cm³/mol. The zero-order chi connectivity index (χ0) is 18.8. The van der Waals surface area contributed by atoms with Gasteiger partial charge in [-0.1, -0.05) is 23.3 Å². The molecule has 1 aliphatic rings. The van der Waals surface area contributed by atoms with Crippen LogP contribution in [0.5, 0.6) is 0 Å². The number of hydrogen-bond acceptors (Lipinski definition) is 5. The smallest absolute Gasteiger partial charge is 0.258 e. The summed E-state index contributed by atoms with van der Waals surface area (Å²) in [6.07, 6.45) is 3.00. The molecule has 3 aromatic carbocycles. The number of halogens is 1. The van der Waals surface area contributed by atoms with Crippen molar-refractivity contribution in [1.82, 2.24) is 0 Å². The Kier molecular flexibility index (Phi) is 4.52. The number of benzene rings is 3. The van der Waals surface area contributed by atoms with E-state index in [-0.39, 0.29) is 5.69 Å². The lowest BCUT2D eigenvalue weighted by Crippen LogP contribution is -2.45. The van der Waals surface area contributed by atoms with Crippen LogP contribution in [0.1, 0.15) is 0 Å². The molecule has 3 aromatic rings. The maximum absolute atomic E-state index is 10.9. The second-order valence-corrected chi connectivity index (χ2v) is 6.92. The van der Waals surface area contributed by atoms with E-state index in [9.17, 15) is 10.1 Å². The van der Waals surface area contributed by atoms with Crippen LogP contribution in [0.2, 0.25) is 0 Å². The fourth-order valence-electron chi connectivity index (χ4n) is 2.66. The van der Waals surface area contributed by atoms with Gasteiger partial charge in [0.2, 0.25) is 0 Å². The minimum Gasteiger partial charge on any atom is -0.258 e. The number of nitrogens with zero attached hydrogens (tertiary/aromatic N) is 5. The quantitative estimate of drug-likeness (QED) is 0.231. The monoisotopic (exact) mass is 470 g/mol. The van der Waals surface area contributed by atoms with Gasteiger partial charge in [0.25, 0.3) is 5.69 Å². The van der Waals surface area contributed by atoms with E-state index in [1.165, 1.54) is 12.1 Å². The van der Waals surface area contributed by atoms with Crippen LogP contribution in [0.3, 0.4) is 0 Å². The number of hydrogen-bond donors (Lipinski definition) is 0. The summed E-state index contributed by atoms with van der Waals surface area (Å²) in [4.78, 5) is 14.9. The molecule has 0 unspecified atom stereocenters. The van der Waals surface area contributed by atoms with Gasteiger partial charge in [0, 0.05) is 20.8 Å². The normalized spacial score (nSPS) is 12.7. The average molecular weight is 470 g/mol. The molecular formula is C19H13IN5O2+. The molecule has 7 nitrogen and oxygen atoms in total. The Morgan fingerprint density at radius 1 is 0.852 bits per heavy atom. The topological polar surface area (TPSA) is 57.2 Å². The number of anilines is 3. The molecule has 0 N–H and O–H groups in total. The van der Waals surface area contributed by atoms with Crippen molar-refractivity contribution in [1.29, 1.82) is 0 Å². The Morgan fingerprint density at radius 2 is 1.48 bits per heavy atom. The molecule has 0 spiro atoms. The van der Waals surface area contributed by atoms with Gasteiger partial charge in [0.1, 0.15) is 11.4 Å². The molecule has 4 rings (SSSR count). The SMILES string of the molecule is O=[N+]([O-])c1ccc(N2[N+]#CN(c3ccccc3)N2c2ccc(I)cc2)cc1. The number of hydrazine groups is 2. The predicted octanol–water partition coefficient (Wildman–Crippen LogP) is 5.07. The van der Waals surface area contributed by atoms with Crippen LogP contribution in [0.15, 0.2) is 78.9 Å². The molecule has 132 valence electrons.